The number of sulfonamides is 1. The summed E-state index contributed by atoms with van der Waals surface area (Å²) in [6.07, 6.45) is 0.844. The van der Waals surface area contributed by atoms with E-state index < -0.39 is 10.0 Å². The van der Waals surface area contributed by atoms with E-state index in [9.17, 15) is 18.0 Å². The van der Waals surface area contributed by atoms with Crippen molar-refractivity contribution in [2.75, 3.05) is 45.8 Å². The van der Waals surface area contributed by atoms with E-state index in [0.717, 1.165) is 12.0 Å². The third kappa shape index (κ3) is 7.28. The highest BCUT2D eigenvalue weighted by molar-refractivity contribution is 7.88. The Bertz CT molecular complexity index is 716. The van der Waals surface area contributed by atoms with E-state index in [1.807, 2.05) is 30.0 Å². The average Bonchev–Trinajstić information content (AvgIpc) is 2.65. The molecular weight excluding hydrogens is 368 g/mol. The fourth-order valence-corrected chi connectivity index (χ4v) is 4.32. The minimum atomic E-state index is -3.37. The maximum Gasteiger partial charge on any atom is 0.239 e. The van der Waals surface area contributed by atoms with Crippen LogP contribution in [0.15, 0.2) is 30.3 Å². The van der Waals surface area contributed by atoms with Crippen molar-refractivity contribution in [2.24, 2.45) is 0 Å². The predicted molar refractivity (Wildman–Crippen MR) is 103 cm³/mol. The summed E-state index contributed by atoms with van der Waals surface area (Å²) in [7, 11) is -3.37. The lowest BCUT2D eigenvalue weighted by molar-refractivity contribution is -0.126. The van der Waals surface area contributed by atoms with Gasteiger partial charge in [-0.05, 0) is 12.0 Å². The van der Waals surface area contributed by atoms with Crippen molar-refractivity contribution in [2.45, 2.75) is 19.1 Å². The van der Waals surface area contributed by atoms with Gasteiger partial charge in [-0.15, -0.1) is 0 Å². The highest BCUT2D eigenvalue weighted by Gasteiger charge is 2.27. The number of nitrogens with zero attached hydrogens (tertiary/aromatic N) is 2. The Labute approximate surface area is 161 Å². The second-order valence-electron chi connectivity index (χ2n) is 6.54. The van der Waals surface area contributed by atoms with Gasteiger partial charge in [0.25, 0.3) is 0 Å². The van der Waals surface area contributed by atoms with Crippen LogP contribution in [0, 0.1) is 0 Å². The monoisotopic (exact) mass is 396 g/mol. The minimum Gasteiger partial charge on any atom is -0.355 e. The van der Waals surface area contributed by atoms with Gasteiger partial charge < -0.3 is 10.6 Å². The maximum absolute atomic E-state index is 12.5. The molecule has 9 heteroatoms. The van der Waals surface area contributed by atoms with E-state index in [0.29, 0.717) is 32.7 Å². The van der Waals surface area contributed by atoms with Gasteiger partial charge in [0.2, 0.25) is 21.8 Å². The number of benzene rings is 1. The number of carbonyl (C=O) groups excluding carboxylic acids is 2. The first-order valence-corrected chi connectivity index (χ1v) is 10.8. The van der Waals surface area contributed by atoms with Crippen LogP contribution in [0.1, 0.15) is 18.9 Å². The Morgan fingerprint density at radius 3 is 2.30 bits per heavy atom. The Morgan fingerprint density at radius 2 is 1.67 bits per heavy atom. The molecule has 1 fully saturated rings. The molecule has 0 aliphatic carbocycles. The van der Waals surface area contributed by atoms with Crippen molar-refractivity contribution in [3.8, 4) is 0 Å². The van der Waals surface area contributed by atoms with Gasteiger partial charge in [-0.3, -0.25) is 14.5 Å². The molecule has 0 bridgehead atoms. The lowest BCUT2D eigenvalue weighted by atomic mass is 10.2. The second-order valence-corrected chi connectivity index (χ2v) is 8.51. The van der Waals surface area contributed by atoms with Crippen molar-refractivity contribution >= 4 is 21.8 Å². The molecule has 1 aliphatic heterocycles. The molecule has 0 atom stereocenters. The standard InChI is InChI=1S/C18H28N4O4S/c1-2-8-19-17(23)13-20-18(24)14-21-9-11-22(12-10-21)27(25,26)15-16-6-4-3-5-7-16/h3-7H,2,8-15H2,1H3,(H,19,23)(H,20,24). The molecule has 0 spiro atoms. The molecule has 150 valence electrons. The van der Waals surface area contributed by atoms with Gasteiger partial charge in [0.1, 0.15) is 0 Å². The molecule has 0 aromatic heterocycles. The van der Waals surface area contributed by atoms with Gasteiger partial charge in [0, 0.05) is 32.7 Å². The topological polar surface area (TPSA) is 98.8 Å². The van der Waals surface area contributed by atoms with Crippen LogP contribution in [0.3, 0.4) is 0 Å². The van der Waals surface area contributed by atoms with Gasteiger partial charge >= 0.3 is 0 Å². The van der Waals surface area contributed by atoms with Gasteiger partial charge in [-0.2, -0.15) is 4.31 Å². The van der Waals surface area contributed by atoms with E-state index in [4.69, 9.17) is 0 Å². The fourth-order valence-electron chi connectivity index (χ4n) is 2.81. The van der Waals surface area contributed by atoms with Gasteiger partial charge in [0.15, 0.2) is 0 Å². The highest BCUT2D eigenvalue weighted by Crippen LogP contribution is 2.13. The summed E-state index contributed by atoms with van der Waals surface area (Å²) in [5.41, 5.74) is 0.764. The number of piperazine rings is 1. The summed E-state index contributed by atoms with van der Waals surface area (Å²) in [5.74, 6) is -0.453. The van der Waals surface area contributed by atoms with Gasteiger partial charge in [-0.25, -0.2) is 8.42 Å². The zero-order valence-electron chi connectivity index (χ0n) is 15.7. The van der Waals surface area contributed by atoms with Gasteiger partial charge in [-0.1, -0.05) is 37.3 Å². The summed E-state index contributed by atoms with van der Waals surface area (Å²) < 4.78 is 26.5. The molecule has 2 N–H and O–H groups in total. The SMILES string of the molecule is CCCNC(=O)CNC(=O)CN1CCN(S(=O)(=O)Cc2ccccc2)CC1. The highest BCUT2D eigenvalue weighted by atomic mass is 32.2. The van der Waals surface area contributed by atoms with Crippen LogP contribution < -0.4 is 10.6 Å². The Kier molecular flexibility index (Phi) is 8.21. The lowest BCUT2D eigenvalue weighted by Crippen LogP contribution is -2.51. The van der Waals surface area contributed by atoms with Crippen molar-refractivity contribution in [3.63, 3.8) is 0 Å². The van der Waals surface area contributed by atoms with Crippen molar-refractivity contribution in [1.82, 2.24) is 19.8 Å². The first-order chi connectivity index (χ1) is 12.9. The molecule has 1 saturated heterocycles. The van der Waals surface area contributed by atoms with Crippen molar-refractivity contribution < 1.29 is 18.0 Å². The number of nitrogens with one attached hydrogen (secondary N) is 2. The molecule has 2 amide bonds. The van der Waals surface area contributed by atoms with E-state index >= 15 is 0 Å². The Morgan fingerprint density at radius 1 is 1.00 bits per heavy atom. The first kappa shape index (κ1) is 21.3. The quantitative estimate of drug-likeness (QED) is 0.601. The van der Waals surface area contributed by atoms with Crippen molar-refractivity contribution in [1.29, 1.82) is 0 Å². The fraction of sp³-hybridized carbons (Fsp3) is 0.556. The molecule has 1 aliphatic rings. The van der Waals surface area contributed by atoms with Crippen LogP contribution in [0.5, 0.6) is 0 Å². The number of hydrogen-bond donors (Lipinski definition) is 2. The summed E-state index contributed by atoms with van der Waals surface area (Å²) in [5, 5.41) is 5.28. The molecular formula is C18H28N4O4S. The third-order valence-electron chi connectivity index (χ3n) is 4.30. The third-order valence-corrected chi connectivity index (χ3v) is 6.15. The largest absolute Gasteiger partial charge is 0.355 e. The average molecular weight is 397 g/mol. The summed E-state index contributed by atoms with van der Waals surface area (Å²) in [6, 6.07) is 9.10. The predicted octanol–water partition coefficient (Wildman–Crippen LogP) is -0.224. The normalized spacial score (nSPS) is 16.0. The maximum atomic E-state index is 12.5. The molecule has 0 saturated carbocycles. The summed E-state index contributed by atoms with van der Waals surface area (Å²) >= 11 is 0. The molecule has 0 unspecified atom stereocenters. The van der Waals surface area contributed by atoms with Crippen LogP contribution >= 0.6 is 0 Å². The van der Waals surface area contributed by atoms with Gasteiger partial charge in [0.05, 0.1) is 18.8 Å². The smallest absolute Gasteiger partial charge is 0.239 e. The van der Waals surface area contributed by atoms with Crippen LogP contribution in [-0.2, 0) is 25.4 Å². The molecule has 27 heavy (non-hydrogen) atoms. The second kappa shape index (κ2) is 10.4. The number of carbonyl (C=O) groups is 2. The van der Waals surface area contributed by atoms with E-state index in [-0.39, 0.29) is 30.7 Å². The molecule has 2 rings (SSSR count). The first-order valence-electron chi connectivity index (χ1n) is 9.18. The molecule has 0 radical (unpaired) electrons. The van der Waals surface area contributed by atoms with E-state index in [1.54, 1.807) is 12.1 Å². The molecule has 1 heterocycles. The summed E-state index contributed by atoms with van der Waals surface area (Å²) in [4.78, 5) is 25.3. The van der Waals surface area contributed by atoms with Crippen LogP contribution in [0.2, 0.25) is 0 Å². The minimum absolute atomic E-state index is 0.0127. The van der Waals surface area contributed by atoms with Crippen LogP contribution in [0.25, 0.3) is 0 Å². The Hall–Kier alpha value is -1.97. The van der Waals surface area contributed by atoms with Crippen molar-refractivity contribution in [3.05, 3.63) is 35.9 Å². The zero-order chi connectivity index (χ0) is 19.7. The Balaban J connectivity index is 1.73. The molecule has 8 nitrogen and oxygen atoms in total. The number of rotatable bonds is 9. The molecule has 1 aromatic rings. The van der Waals surface area contributed by atoms with Crippen LogP contribution in [-0.4, -0.2) is 75.3 Å². The van der Waals surface area contributed by atoms with Crippen LogP contribution in [0.4, 0.5) is 0 Å². The van der Waals surface area contributed by atoms with E-state index in [2.05, 4.69) is 10.6 Å². The number of amides is 2. The van der Waals surface area contributed by atoms with E-state index in [1.165, 1.54) is 4.31 Å². The molecule has 1 aromatic carbocycles. The number of hydrogen-bond acceptors (Lipinski definition) is 5. The zero-order valence-corrected chi connectivity index (χ0v) is 16.5. The lowest BCUT2D eigenvalue weighted by Gasteiger charge is -2.33. The summed E-state index contributed by atoms with van der Waals surface area (Å²) in [6.45, 7) is 4.37.